The summed E-state index contributed by atoms with van der Waals surface area (Å²) < 4.78 is 20.8. The van der Waals surface area contributed by atoms with Crippen LogP contribution in [0.4, 0.5) is 0 Å². The molecule has 1 aliphatic rings. The third-order valence-electron chi connectivity index (χ3n) is 4.17. The number of esters is 1. The third-order valence-corrected chi connectivity index (χ3v) is 4.17. The van der Waals surface area contributed by atoms with Crippen molar-refractivity contribution in [3.05, 3.63) is 23.8 Å². The van der Waals surface area contributed by atoms with Gasteiger partial charge in [0, 0.05) is 18.7 Å². The van der Waals surface area contributed by atoms with Gasteiger partial charge in [0.1, 0.15) is 6.54 Å². The van der Waals surface area contributed by atoms with E-state index in [0.717, 1.165) is 0 Å². The molecule has 1 fully saturated rings. The standard InChI is InChI=1S/C19H26N2O7/c1-12-9-21(10-13(2)28-12)17(22)11-27-18(23)8-20-19(24)14-5-6-15(25-3)16(7-14)26-4/h5-7,12-13H,8-11H2,1-4H3,(H,20,24)/t12-,13+. The molecule has 28 heavy (non-hydrogen) atoms. The van der Waals surface area contributed by atoms with Crippen LogP contribution in [0.2, 0.25) is 0 Å². The molecule has 0 saturated carbocycles. The van der Waals surface area contributed by atoms with Crippen LogP contribution < -0.4 is 14.8 Å². The van der Waals surface area contributed by atoms with Crippen LogP contribution in [0.1, 0.15) is 24.2 Å². The summed E-state index contributed by atoms with van der Waals surface area (Å²) in [6.07, 6.45) is -0.131. The highest BCUT2D eigenvalue weighted by molar-refractivity contribution is 5.96. The topological polar surface area (TPSA) is 103 Å². The maximum Gasteiger partial charge on any atom is 0.325 e. The van der Waals surface area contributed by atoms with Gasteiger partial charge in [-0.2, -0.15) is 0 Å². The van der Waals surface area contributed by atoms with Crippen molar-refractivity contribution < 1.29 is 33.3 Å². The van der Waals surface area contributed by atoms with Crippen molar-refractivity contribution >= 4 is 17.8 Å². The van der Waals surface area contributed by atoms with E-state index in [1.54, 1.807) is 17.0 Å². The van der Waals surface area contributed by atoms with E-state index in [1.807, 2.05) is 13.8 Å². The lowest BCUT2D eigenvalue weighted by molar-refractivity contribution is -0.156. The summed E-state index contributed by atoms with van der Waals surface area (Å²) in [6.45, 7) is 3.95. The lowest BCUT2D eigenvalue weighted by atomic mass is 10.2. The Morgan fingerprint density at radius 1 is 1.11 bits per heavy atom. The molecule has 1 N–H and O–H groups in total. The Bertz CT molecular complexity index is 712. The number of amides is 2. The second-order valence-electron chi connectivity index (χ2n) is 6.47. The van der Waals surface area contributed by atoms with Crippen molar-refractivity contribution in [1.82, 2.24) is 10.2 Å². The van der Waals surface area contributed by atoms with Gasteiger partial charge in [0.25, 0.3) is 11.8 Å². The fourth-order valence-electron chi connectivity index (χ4n) is 2.90. The number of benzene rings is 1. The van der Waals surface area contributed by atoms with E-state index >= 15 is 0 Å². The van der Waals surface area contributed by atoms with E-state index in [0.29, 0.717) is 30.2 Å². The molecule has 0 unspecified atom stereocenters. The first-order valence-corrected chi connectivity index (χ1v) is 8.93. The van der Waals surface area contributed by atoms with Crippen LogP contribution in [0.3, 0.4) is 0 Å². The molecule has 0 aliphatic carbocycles. The maximum absolute atomic E-state index is 12.2. The molecule has 2 atom stereocenters. The zero-order valence-corrected chi connectivity index (χ0v) is 16.5. The van der Waals surface area contributed by atoms with E-state index in [-0.39, 0.29) is 31.3 Å². The van der Waals surface area contributed by atoms with Crippen LogP contribution in [0.25, 0.3) is 0 Å². The van der Waals surface area contributed by atoms with Gasteiger partial charge in [-0.3, -0.25) is 14.4 Å². The van der Waals surface area contributed by atoms with E-state index in [2.05, 4.69) is 5.32 Å². The third kappa shape index (κ3) is 5.85. The highest BCUT2D eigenvalue weighted by Crippen LogP contribution is 2.27. The molecule has 1 aromatic carbocycles. The van der Waals surface area contributed by atoms with Crippen molar-refractivity contribution in [2.45, 2.75) is 26.1 Å². The quantitative estimate of drug-likeness (QED) is 0.676. The average Bonchev–Trinajstić information content (AvgIpc) is 2.68. The highest BCUT2D eigenvalue weighted by Gasteiger charge is 2.26. The van der Waals surface area contributed by atoms with Gasteiger partial charge in [0.15, 0.2) is 18.1 Å². The van der Waals surface area contributed by atoms with Gasteiger partial charge in [-0.25, -0.2) is 0 Å². The maximum atomic E-state index is 12.2. The largest absolute Gasteiger partial charge is 0.493 e. The summed E-state index contributed by atoms with van der Waals surface area (Å²) in [5.74, 6) is -0.570. The number of carbonyl (C=O) groups excluding carboxylic acids is 3. The van der Waals surface area contributed by atoms with Crippen LogP contribution in [0.5, 0.6) is 11.5 Å². The van der Waals surface area contributed by atoms with Crippen LogP contribution in [0, 0.1) is 0 Å². The Morgan fingerprint density at radius 3 is 2.36 bits per heavy atom. The summed E-state index contributed by atoms with van der Waals surface area (Å²) in [5, 5.41) is 2.45. The molecule has 1 aromatic rings. The highest BCUT2D eigenvalue weighted by atomic mass is 16.5. The Morgan fingerprint density at radius 2 is 1.75 bits per heavy atom. The zero-order valence-electron chi connectivity index (χ0n) is 16.5. The van der Waals surface area contributed by atoms with Crippen molar-refractivity contribution in [1.29, 1.82) is 0 Å². The van der Waals surface area contributed by atoms with Gasteiger partial charge < -0.3 is 29.2 Å². The van der Waals surface area contributed by atoms with Gasteiger partial charge in [0.2, 0.25) is 0 Å². The molecule has 0 aromatic heterocycles. The average molecular weight is 394 g/mol. The number of ether oxygens (including phenoxy) is 4. The summed E-state index contributed by atoms with van der Waals surface area (Å²) in [5.41, 5.74) is 0.304. The number of hydrogen-bond acceptors (Lipinski definition) is 7. The summed E-state index contributed by atoms with van der Waals surface area (Å²) in [4.78, 5) is 37.8. The van der Waals surface area contributed by atoms with Gasteiger partial charge in [0.05, 0.1) is 26.4 Å². The predicted octanol–water partition coefficient (Wildman–Crippen LogP) is 0.613. The minimum atomic E-state index is -0.698. The molecule has 9 nitrogen and oxygen atoms in total. The van der Waals surface area contributed by atoms with Crippen LogP contribution in [-0.4, -0.2) is 75.4 Å². The fraction of sp³-hybridized carbons (Fsp3) is 0.526. The lowest BCUT2D eigenvalue weighted by Crippen LogP contribution is -2.49. The molecule has 0 spiro atoms. The van der Waals surface area contributed by atoms with Crippen molar-refractivity contribution in [3.63, 3.8) is 0 Å². The summed E-state index contributed by atoms with van der Waals surface area (Å²) in [7, 11) is 2.96. The van der Waals surface area contributed by atoms with Gasteiger partial charge in [-0.05, 0) is 32.0 Å². The molecule has 2 amide bonds. The number of hydrogen-bond donors (Lipinski definition) is 1. The van der Waals surface area contributed by atoms with Crippen LogP contribution >= 0.6 is 0 Å². The molecule has 1 aliphatic heterocycles. The number of carbonyl (C=O) groups is 3. The number of methoxy groups -OCH3 is 2. The second-order valence-corrected chi connectivity index (χ2v) is 6.47. The molecular formula is C19H26N2O7. The van der Waals surface area contributed by atoms with Crippen molar-refractivity contribution in [2.24, 2.45) is 0 Å². The molecule has 9 heteroatoms. The van der Waals surface area contributed by atoms with E-state index in [4.69, 9.17) is 18.9 Å². The van der Waals surface area contributed by atoms with E-state index in [9.17, 15) is 14.4 Å². The first kappa shape index (κ1) is 21.5. The Kier molecular flexibility index (Phi) is 7.62. The van der Waals surface area contributed by atoms with Gasteiger partial charge in [-0.1, -0.05) is 0 Å². The van der Waals surface area contributed by atoms with Crippen molar-refractivity contribution in [2.75, 3.05) is 40.5 Å². The predicted molar refractivity (Wildman–Crippen MR) is 99.4 cm³/mol. The molecular weight excluding hydrogens is 368 g/mol. The second kappa shape index (κ2) is 9.93. The van der Waals surface area contributed by atoms with Crippen molar-refractivity contribution in [3.8, 4) is 11.5 Å². The SMILES string of the molecule is COc1ccc(C(=O)NCC(=O)OCC(=O)N2C[C@@H](C)O[C@@H](C)C2)cc1OC. The normalized spacial score (nSPS) is 18.9. The minimum Gasteiger partial charge on any atom is -0.493 e. The number of morpholine rings is 1. The Balaban J connectivity index is 1.79. The lowest BCUT2D eigenvalue weighted by Gasteiger charge is -2.35. The van der Waals surface area contributed by atoms with E-state index < -0.39 is 11.9 Å². The summed E-state index contributed by atoms with van der Waals surface area (Å²) >= 11 is 0. The minimum absolute atomic E-state index is 0.0656. The Labute approximate surface area is 163 Å². The Hall–Kier alpha value is -2.81. The number of nitrogens with one attached hydrogen (secondary N) is 1. The van der Waals surface area contributed by atoms with Crippen LogP contribution in [-0.2, 0) is 19.1 Å². The molecule has 0 bridgehead atoms. The fourth-order valence-corrected chi connectivity index (χ4v) is 2.90. The molecule has 0 radical (unpaired) electrons. The smallest absolute Gasteiger partial charge is 0.325 e. The number of nitrogens with zero attached hydrogens (tertiary/aromatic N) is 1. The van der Waals surface area contributed by atoms with E-state index in [1.165, 1.54) is 20.3 Å². The van der Waals surface area contributed by atoms with Crippen LogP contribution in [0.15, 0.2) is 18.2 Å². The molecule has 1 heterocycles. The molecule has 2 rings (SSSR count). The first-order valence-electron chi connectivity index (χ1n) is 8.93. The first-order chi connectivity index (χ1) is 13.3. The van der Waals surface area contributed by atoms with Gasteiger partial charge in [-0.15, -0.1) is 0 Å². The molecule has 1 saturated heterocycles. The monoisotopic (exact) mass is 394 g/mol. The summed E-state index contributed by atoms with van der Waals surface area (Å²) in [6, 6.07) is 4.64. The molecule has 154 valence electrons. The zero-order chi connectivity index (χ0) is 20.7. The number of rotatable bonds is 7. The van der Waals surface area contributed by atoms with Gasteiger partial charge >= 0.3 is 5.97 Å².